The normalized spacial score (nSPS) is 10.3. The van der Waals surface area contributed by atoms with E-state index in [1.165, 1.54) is 13.3 Å². The summed E-state index contributed by atoms with van der Waals surface area (Å²) in [5, 5.41) is 6.08. The Labute approximate surface area is 179 Å². The average Bonchev–Trinajstić information content (AvgIpc) is 2.76. The molecule has 0 bridgehead atoms. The lowest BCUT2D eigenvalue weighted by Crippen LogP contribution is -2.18. The molecule has 8 heteroatoms. The molecule has 2 N–H and O–H groups in total. The fourth-order valence-corrected chi connectivity index (χ4v) is 2.82. The van der Waals surface area contributed by atoms with Gasteiger partial charge in [0.1, 0.15) is 12.4 Å². The maximum absolute atomic E-state index is 12.3. The number of carbonyl (C=O) groups excluding carboxylic acids is 2. The molecule has 0 unspecified atom stereocenters. The van der Waals surface area contributed by atoms with Crippen LogP contribution >= 0.6 is 11.6 Å². The van der Waals surface area contributed by atoms with E-state index in [1.54, 1.807) is 42.6 Å². The molecule has 2 aromatic carbocycles. The van der Waals surface area contributed by atoms with Crippen LogP contribution in [0.3, 0.4) is 0 Å². The first-order valence-corrected chi connectivity index (χ1v) is 9.45. The minimum Gasteiger partial charge on any atom is -0.494 e. The first kappa shape index (κ1) is 21.3. The zero-order valence-corrected chi connectivity index (χ0v) is 17.0. The minimum atomic E-state index is -0.323. The van der Waals surface area contributed by atoms with E-state index in [4.69, 9.17) is 21.1 Å². The molecule has 0 aliphatic carbocycles. The lowest BCUT2D eigenvalue weighted by atomic mass is 10.2. The Hall–Kier alpha value is -3.42. The predicted octanol–water partition coefficient (Wildman–Crippen LogP) is 4.15. The van der Waals surface area contributed by atoms with Gasteiger partial charge in [0, 0.05) is 29.2 Å². The van der Waals surface area contributed by atoms with Crippen molar-refractivity contribution in [1.29, 1.82) is 0 Å². The van der Waals surface area contributed by atoms with Crippen LogP contribution in [0.1, 0.15) is 15.9 Å². The molecule has 0 radical (unpaired) electrons. The highest BCUT2D eigenvalue weighted by molar-refractivity contribution is 6.31. The summed E-state index contributed by atoms with van der Waals surface area (Å²) in [5.41, 5.74) is 2.21. The molecule has 1 aromatic heterocycles. The molecule has 0 spiro atoms. The number of aromatic nitrogens is 1. The SMILES string of the molecule is COc1cc(NC(=O)COCc2ccccc2Cl)ccc1NC(=O)c1cccnc1. The van der Waals surface area contributed by atoms with E-state index in [9.17, 15) is 9.59 Å². The Bertz CT molecular complexity index is 1030. The van der Waals surface area contributed by atoms with E-state index in [2.05, 4.69) is 15.6 Å². The third kappa shape index (κ3) is 5.79. The highest BCUT2D eigenvalue weighted by atomic mass is 35.5. The van der Waals surface area contributed by atoms with Crippen molar-refractivity contribution in [3.05, 3.63) is 83.1 Å². The fourth-order valence-electron chi connectivity index (χ4n) is 2.63. The quantitative estimate of drug-likeness (QED) is 0.565. The number of nitrogens with zero attached hydrogens (tertiary/aromatic N) is 1. The third-order valence-corrected chi connectivity index (χ3v) is 4.47. The first-order valence-electron chi connectivity index (χ1n) is 9.07. The fraction of sp³-hybridized carbons (Fsp3) is 0.136. The van der Waals surface area contributed by atoms with Gasteiger partial charge in [-0.15, -0.1) is 0 Å². The molecule has 0 fully saturated rings. The number of hydrogen-bond acceptors (Lipinski definition) is 5. The van der Waals surface area contributed by atoms with E-state index in [-0.39, 0.29) is 25.0 Å². The highest BCUT2D eigenvalue weighted by Crippen LogP contribution is 2.28. The molecule has 154 valence electrons. The summed E-state index contributed by atoms with van der Waals surface area (Å²) in [6.45, 7) is 0.1000. The number of nitrogens with one attached hydrogen (secondary N) is 2. The number of amides is 2. The monoisotopic (exact) mass is 425 g/mol. The molecule has 30 heavy (non-hydrogen) atoms. The van der Waals surface area contributed by atoms with Crippen molar-refractivity contribution in [2.24, 2.45) is 0 Å². The Morgan fingerprint density at radius 1 is 1.07 bits per heavy atom. The minimum absolute atomic E-state index is 0.132. The third-order valence-electron chi connectivity index (χ3n) is 4.11. The van der Waals surface area contributed by atoms with E-state index in [1.807, 2.05) is 18.2 Å². The van der Waals surface area contributed by atoms with Gasteiger partial charge in [-0.2, -0.15) is 0 Å². The van der Waals surface area contributed by atoms with Crippen LogP contribution in [-0.4, -0.2) is 30.5 Å². The molecule has 3 aromatic rings. The number of benzene rings is 2. The zero-order chi connectivity index (χ0) is 21.3. The van der Waals surface area contributed by atoms with Crippen molar-refractivity contribution in [2.45, 2.75) is 6.61 Å². The van der Waals surface area contributed by atoms with Crippen molar-refractivity contribution >= 4 is 34.8 Å². The van der Waals surface area contributed by atoms with Crippen LogP contribution in [0.4, 0.5) is 11.4 Å². The van der Waals surface area contributed by atoms with Crippen LogP contribution in [0.15, 0.2) is 67.0 Å². The molecule has 2 amide bonds. The van der Waals surface area contributed by atoms with Crippen molar-refractivity contribution in [3.8, 4) is 5.75 Å². The summed E-state index contributed by atoms with van der Waals surface area (Å²) < 4.78 is 10.8. The Morgan fingerprint density at radius 3 is 2.63 bits per heavy atom. The summed E-state index contributed by atoms with van der Waals surface area (Å²) in [6.07, 6.45) is 3.06. The smallest absolute Gasteiger partial charge is 0.257 e. The maximum Gasteiger partial charge on any atom is 0.257 e. The van der Waals surface area contributed by atoms with Crippen molar-refractivity contribution in [1.82, 2.24) is 4.98 Å². The van der Waals surface area contributed by atoms with Gasteiger partial charge in [0.2, 0.25) is 5.91 Å². The van der Waals surface area contributed by atoms with E-state index >= 15 is 0 Å². The Balaban J connectivity index is 1.57. The molecule has 3 rings (SSSR count). The van der Waals surface area contributed by atoms with Gasteiger partial charge in [0.25, 0.3) is 5.91 Å². The van der Waals surface area contributed by atoms with Crippen molar-refractivity contribution < 1.29 is 19.1 Å². The number of ether oxygens (including phenoxy) is 2. The summed E-state index contributed by atoms with van der Waals surface area (Å²) in [4.78, 5) is 28.4. The molecular weight excluding hydrogens is 406 g/mol. The Kier molecular flexibility index (Phi) is 7.37. The number of halogens is 1. The van der Waals surface area contributed by atoms with Gasteiger partial charge in [0.15, 0.2) is 0 Å². The zero-order valence-electron chi connectivity index (χ0n) is 16.2. The van der Waals surface area contributed by atoms with Crippen molar-refractivity contribution in [3.63, 3.8) is 0 Å². The van der Waals surface area contributed by atoms with Gasteiger partial charge in [-0.05, 0) is 35.9 Å². The molecule has 7 nitrogen and oxygen atoms in total. The number of carbonyl (C=O) groups is 2. The molecule has 1 heterocycles. The Morgan fingerprint density at radius 2 is 1.90 bits per heavy atom. The maximum atomic E-state index is 12.3. The highest BCUT2D eigenvalue weighted by Gasteiger charge is 2.12. The van der Waals surface area contributed by atoms with E-state index in [0.717, 1.165) is 5.56 Å². The lowest BCUT2D eigenvalue weighted by molar-refractivity contribution is -0.121. The molecule has 0 atom stereocenters. The van der Waals surface area contributed by atoms with Crippen LogP contribution in [0.25, 0.3) is 0 Å². The van der Waals surface area contributed by atoms with Crippen LogP contribution in [0.5, 0.6) is 5.75 Å². The van der Waals surface area contributed by atoms with Gasteiger partial charge < -0.3 is 20.1 Å². The molecule has 0 saturated heterocycles. The molecular formula is C22H20ClN3O4. The van der Waals surface area contributed by atoms with Crippen LogP contribution in [0, 0.1) is 0 Å². The lowest BCUT2D eigenvalue weighted by Gasteiger charge is -2.13. The molecule has 0 aliphatic heterocycles. The second kappa shape index (κ2) is 10.4. The standard InChI is InChI=1S/C22H20ClN3O4/c1-29-20-11-17(8-9-19(20)26-22(28)15-6-4-10-24-12-15)25-21(27)14-30-13-16-5-2-3-7-18(16)23/h2-12H,13-14H2,1H3,(H,25,27)(H,26,28). The topological polar surface area (TPSA) is 89.5 Å². The number of anilines is 2. The summed E-state index contributed by atoms with van der Waals surface area (Å²) in [6, 6.07) is 15.5. The largest absolute Gasteiger partial charge is 0.494 e. The van der Waals surface area contributed by atoms with E-state index < -0.39 is 0 Å². The second-order valence-electron chi connectivity index (χ2n) is 6.24. The number of methoxy groups -OCH3 is 1. The van der Waals surface area contributed by atoms with Gasteiger partial charge in [-0.3, -0.25) is 14.6 Å². The van der Waals surface area contributed by atoms with E-state index in [0.29, 0.717) is 27.7 Å². The average molecular weight is 426 g/mol. The number of hydrogen-bond donors (Lipinski definition) is 2. The van der Waals surface area contributed by atoms with Crippen LogP contribution < -0.4 is 15.4 Å². The van der Waals surface area contributed by atoms with Gasteiger partial charge in [-0.25, -0.2) is 0 Å². The van der Waals surface area contributed by atoms with Crippen molar-refractivity contribution in [2.75, 3.05) is 24.4 Å². The second-order valence-corrected chi connectivity index (χ2v) is 6.65. The van der Waals surface area contributed by atoms with Gasteiger partial charge in [0.05, 0.1) is 25.0 Å². The van der Waals surface area contributed by atoms with Gasteiger partial charge >= 0.3 is 0 Å². The first-order chi connectivity index (χ1) is 14.6. The predicted molar refractivity (Wildman–Crippen MR) is 115 cm³/mol. The number of rotatable bonds is 8. The summed E-state index contributed by atoms with van der Waals surface area (Å²) in [5.74, 6) is -0.232. The van der Waals surface area contributed by atoms with Crippen LogP contribution in [0.2, 0.25) is 5.02 Å². The molecule has 0 saturated carbocycles. The summed E-state index contributed by atoms with van der Waals surface area (Å²) >= 11 is 6.06. The van der Waals surface area contributed by atoms with Crippen LogP contribution in [-0.2, 0) is 16.1 Å². The molecule has 0 aliphatic rings. The summed E-state index contributed by atoms with van der Waals surface area (Å²) in [7, 11) is 1.48. The number of pyridine rings is 1. The van der Waals surface area contributed by atoms with Gasteiger partial charge in [-0.1, -0.05) is 29.8 Å².